The van der Waals surface area contributed by atoms with Gasteiger partial charge in [-0.05, 0) is 43.4 Å². The van der Waals surface area contributed by atoms with Gasteiger partial charge in [0.25, 0.3) is 0 Å². The van der Waals surface area contributed by atoms with E-state index in [0.29, 0.717) is 0 Å². The minimum atomic E-state index is -5.08. The molecule has 29 heavy (non-hydrogen) atoms. The topological polar surface area (TPSA) is 98.2 Å². The van der Waals surface area contributed by atoms with Gasteiger partial charge in [0.2, 0.25) is 0 Å². The molecule has 158 valence electrons. The van der Waals surface area contributed by atoms with Crippen LogP contribution in [-0.2, 0) is 11.3 Å². The van der Waals surface area contributed by atoms with E-state index in [1.807, 2.05) is 19.2 Å². The third-order valence-electron chi connectivity index (χ3n) is 5.18. The number of hydrogen-bond donors (Lipinski definition) is 2. The van der Waals surface area contributed by atoms with Crippen molar-refractivity contribution < 1.29 is 23.1 Å². The summed E-state index contributed by atoms with van der Waals surface area (Å²) in [4.78, 5) is 13.8. The number of H-pyrrole nitrogens is 1. The summed E-state index contributed by atoms with van der Waals surface area (Å²) in [6.45, 7) is 7.53. The van der Waals surface area contributed by atoms with Crippen LogP contribution in [0.25, 0.3) is 0 Å². The van der Waals surface area contributed by atoms with Crippen LogP contribution in [0.2, 0.25) is 0 Å². The smallest absolute Gasteiger partial charge is 0.475 e. The number of aromatic nitrogens is 4. The molecule has 2 atom stereocenters. The van der Waals surface area contributed by atoms with Crippen molar-refractivity contribution in [2.75, 3.05) is 31.1 Å². The van der Waals surface area contributed by atoms with Gasteiger partial charge in [-0.3, -0.25) is 10.00 Å². The fraction of sp³-hybridized carbons (Fsp3) is 0.556. The van der Waals surface area contributed by atoms with Crippen molar-refractivity contribution >= 4 is 11.8 Å². The summed E-state index contributed by atoms with van der Waals surface area (Å²) in [5.41, 5.74) is 2.19. The summed E-state index contributed by atoms with van der Waals surface area (Å²) < 4.78 is 31.7. The number of halogens is 3. The maximum atomic E-state index is 10.6. The molecule has 2 saturated heterocycles. The van der Waals surface area contributed by atoms with E-state index in [2.05, 4.69) is 42.3 Å². The highest BCUT2D eigenvalue weighted by Gasteiger charge is 2.38. The van der Waals surface area contributed by atoms with Crippen molar-refractivity contribution in [3.63, 3.8) is 0 Å². The Balaban J connectivity index is 0.000000298. The number of hydrogen-bond acceptors (Lipinski definition) is 6. The predicted octanol–water partition coefficient (Wildman–Crippen LogP) is 2.10. The molecule has 2 aromatic rings. The van der Waals surface area contributed by atoms with Crippen LogP contribution in [0, 0.1) is 18.8 Å². The normalized spacial score (nSPS) is 22.0. The van der Waals surface area contributed by atoms with Crippen molar-refractivity contribution in [3.05, 3.63) is 35.8 Å². The molecule has 0 spiro atoms. The Morgan fingerprint density at radius 1 is 1.21 bits per heavy atom. The van der Waals surface area contributed by atoms with Crippen molar-refractivity contribution in [1.29, 1.82) is 0 Å². The van der Waals surface area contributed by atoms with Crippen LogP contribution in [-0.4, -0.2) is 68.7 Å². The van der Waals surface area contributed by atoms with E-state index < -0.39 is 12.1 Å². The summed E-state index contributed by atoms with van der Waals surface area (Å²) in [7, 11) is 0. The summed E-state index contributed by atoms with van der Waals surface area (Å²) >= 11 is 0. The second-order valence-corrected chi connectivity index (χ2v) is 7.37. The highest BCUT2D eigenvalue weighted by molar-refractivity contribution is 5.73. The quantitative estimate of drug-likeness (QED) is 0.797. The Morgan fingerprint density at radius 2 is 1.93 bits per heavy atom. The molecule has 4 heterocycles. The fourth-order valence-corrected chi connectivity index (χ4v) is 3.78. The van der Waals surface area contributed by atoms with Crippen LogP contribution in [0.1, 0.15) is 17.8 Å². The monoisotopic (exact) mass is 412 g/mol. The molecule has 2 N–H and O–H groups in total. The Morgan fingerprint density at radius 3 is 2.52 bits per heavy atom. The largest absolute Gasteiger partial charge is 0.490 e. The van der Waals surface area contributed by atoms with Crippen LogP contribution >= 0.6 is 0 Å². The van der Waals surface area contributed by atoms with E-state index in [9.17, 15) is 13.2 Å². The number of likely N-dealkylation sites (tertiary alicyclic amines) is 1. The van der Waals surface area contributed by atoms with Gasteiger partial charge in [-0.25, -0.2) is 4.79 Å². The van der Waals surface area contributed by atoms with Crippen LogP contribution in [0.4, 0.5) is 19.0 Å². The number of fused-ring (bicyclic) bond motifs is 1. The van der Waals surface area contributed by atoms with Crippen molar-refractivity contribution in [2.24, 2.45) is 11.8 Å². The highest BCUT2D eigenvalue weighted by atomic mass is 19.4. The van der Waals surface area contributed by atoms with Gasteiger partial charge in [0.15, 0.2) is 5.82 Å². The van der Waals surface area contributed by atoms with Gasteiger partial charge in [-0.2, -0.15) is 23.4 Å². The molecule has 8 nitrogen and oxygen atoms in total. The number of anilines is 1. The van der Waals surface area contributed by atoms with Gasteiger partial charge >= 0.3 is 12.1 Å². The molecule has 2 fully saturated rings. The zero-order valence-corrected chi connectivity index (χ0v) is 15.9. The molecular weight excluding hydrogens is 389 g/mol. The third-order valence-corrected chi connectivity index (χ3v) is 5.18. The standard InChI is InChI=1S/C16H22N6.C2HF3O2/c1-12-2-3-16(20-18-12)22-7-5-13-8-21(9-14(13)10-22)11-15-4-6-17-19-15;3-2(4,5)1(6)7/h2-4,6,13-14H,5,7-11H2,1H3,(H,17,19);(H,6,7)/t13-,14-;/m1./s1. The summed E-state index contributed by atoms with van der Waals surface area (Å²) in [5, 5.41) is 22.8. The average Bonchev–Trinajstić information content (AvgIpc) is 3.31. The van der Waals surface area contributed by atoms with Crippen molar-refractivity contribution in [2.45, 2.75) is 26.1 Å². The Bertz CT molecular complexity index is 797. The van der Waals surface area contributed by atoms with Crippen LogP contribution in [0.3, 0.4) is 0 Å². The summed E-state index contributed by atoms with van der Waals surface area (Å²) in [6, 6.07) is 6.21. The van der Waals surface area contributed by atoms with Crippen LogP contribution in [0.5, 0.6) is 0 Å². The lowest BCUT2D eigenvalue weighted by atomic mass is 9.89. The van der Waals surface area contributed by atoms with E-state index in [0.717, 1.165) is 43.0 Å². The van der Waals surface area contributed by atoms with E-state index in [1.165, 1.54) is 25.2 Å². The second kappa shape index (κ2) is 8.76. The molecule has 0 radical (unpaired) electrons. The molecule has 4 rings (SSSR count). The lowest BCUT2D eigenvalue weighted by Crippen LogP contribution is -2.40. The molecule has 2 aliphatic rings. The zero-order valence-electron chi connectivity index (χ0n) is 15.9. The molecule has 11 heteroatoms. The number of aliphatic carboxylic acids is 1. The number of carbonyl (C=O) groups is 1. The average molecular weight is 412 g/mol. The number of nitrogens with zero attached hydrogens (tertiary/aromatic N) is 5. The zero-order chi connectivity index (χ0) is 21.0. The molecule has 0 aromatic carbocycles. The lowest BCUT2D eigenvalue weighted by molar-refractivity contribution is -0.192. The number of nitrogens with one attached hydrogen (secondary N) is 1. The Hall–Kier alpha value is -2.69. The maximum Gasteiger partial charge on any atom is 0.490 e. The van der Waals surface area contributed by atoms with E-state index >= 15 is 0 Å². The number of rotatable bonds is 3. The van der Waals surface area contributed by atoms with Crippen LogP contribution < -0.4 is 4.90 Å². The maximum absolute atomic E-state index is 10.6. The van der Waals surface area contributed by atoms with E-state index in [-0.39, 0.29) is 0 Å². The van der Waals surface area contributed by atoms with Crippen molar-refractivity contribution in [1.82, 2.24) is 25.3 Å². The van der Waals surface area contributed by atoms with Gasteiger partial charge in [-0.1, -0.05) is 0 Å². The van der Waals surface area contributed by atoms with Gasteiger partial charge in [0.1, 0.15) is 0 Å². The number of carboxylic acids is 1. The number of carboxylic acid groups (broad SMARTS) is 1. The Labute approximate surface area is 165 Å². The number of piperidine rings is 1. The lowest BCUT2D eigenvalue weighted by Gasteiger charge is -2.34. The van der Waals surface area contributed by atoms with E-state index in [1.54, 1.807) is 0 Å². The minimum Gasteiger partial charge on any atom is -0.475 e. The number of aryl methyl sites for hydroxylation is 1. The first-order valence-electron chi connectivity index (χ1n) is 9.28. The Kier molecular flexibility index (Phi) is 6.36. The SMILES string of the molecule is Cc1ccc(N2CC[C@@H]3CN(Cc4ccn[nH]4)C[C@@H]3C2)nn1.O=C(O)C(F)(F)F. The second-order valence-electron chi connectivity index (χ2n) is 7.37. The molecule has 0 bridgehead atoms. The van der Waals surface area contributed by atoms with E-state index in [4.69, 9.17) is 9.90 Å². The molecule has 2 aromatic heterocycles. The molecular formula is C18H23F3N6O2. The highest BCUT2D eigenvalue weighted by Crippen LogP contribution is 2.33. The van der Waals surface area contributed by atoms with Gasteiger partial charge in [-0.15, -0.1) is 5.10 Å². The number of alkyl halides is 3. The molecule has 2 aliphatic heterocycles. The predicted molar refractivity (Wildman–Crippen MR) is 98.1 cm³/mol. The van der Waals surface area contributed by atoms with Gasteiger partial charge in [0.05, 0.1) is 5.69 Å². The van der Waals surface area contributed by atoms with Gasteiger partial charge < -0.3 is 10.0 Å². The first-order valence-corrected chi connectivity index (χ1v) is 9.28. The first kappa shape index (κ1) is 21.0. The summed E-state index contributed by atoms with van der Waals surface area (Å²) in [5.74, 6) is -0.180. The molecule has 0 unspecified atom stereocenters. The van der Waals surface area contributed by atoms with Gasteiger partial charge in [0, 0.05) is 44.6 Å². The summed E-state index contributed by atoms with van der Waals surface area (Å²) in [6.07, 6.45) is -2.00. The molecule has 0 saturated carbocycles. The number of aromatic amines is 1. The van der Waals surface area contributed by atoms with Crippen molar-refractivity contribution in [3.8, 4) is 0 Å². The third kappa shape index (κ3) is 5.66. The fourth-order valence-electron chi connectivity index (χ4n) is 3.78. The molecule has 0 aliphatic carbocycles. The molecule has 0 amide bonds. The minimum absolute atomic E-state index is 0.736. The van der Waals surface area contributed by atoms with Crippen LogP contribution in [0.15, 0.2) is 24.4 Å². The first-order chi connectivity index (χ1) is 13.7.